The Hall–Kier alpha value is -1.73. The van der Waals surface area contributed by atoms with Crippen molar-refractivity contribution in [1.29, 1.82) is 0 Å². The zero-order chi connectivity index (χ0) is 18.0. The Morgan fingerprint density at radius 2 is 1.76 bits per heavy atom. The molecule has 1 fully saturated rings. The maximum absolute atomic E-state index is 13.2. The quantitative estimate of drug-likeness (QED) is 0.681. The first-order chi connectivity index (χ1) is 11.8. The van der Waals surface area contributed by atoms with Gasteiger partial charge in [0.05, 0.1) is 10.7 Å². The summed E-state index contributed by atoms with van der Waals surface area (Å²) in [6.07, 6.45) is -0.714. The Kier molecular flexibility index (Phi) is 5.24. The number of anilines is 3. The lowest BCUT2D eigenvalue weighted by Crippen LogP contribution is -2.19. The summed E-state index contributed by atoms with van der Waals surface area (Å²) < 4.78 is 39.5. The molecule has 0 atom stereocenters. The summed E-state index contributed by atoms with van der Waals surface area (Å²) in [4.78, 5) is 7.74. The lowest BCUT2D eigenvalue weighted by Gasteiger charge is -2.16. The van der Waals surface area contributed by atoms with E-state index in [1.807, 2.05) is 0 Å². The molecule has 9 heteroatoms. The molecule has 1 aliphatic carbocycles. The molecular weight excluding hydrogens is 376 g/mol. The third-order valence-electron chi connectivity index (χ3n) is 3.90. The van der Waals surface area contributed by atoms with E-state index in [0.717, 1.165) is 31.7 Å². The molecule has 134 valence electrons. The van der Waals surface area contributed by atoms with Gasteiger partial charge in [-0.1, -0.05) is 36.0 Å². The number of rotatable bonds is 4. The van der Waals surface area contributed by atoms with Gasteiger partial charge in [-0.2, -0.15) is 18.2 Å². The summed E-state index contributed by atoms with van der Waals surface area (Å²) in [7, 11) is 0. The summed E-state index contributed by atoms with van der Waals surface area (Å²) in [6, 6.07) is 5.59. The first kappa shape index (κ1) is 18.1. The SMILES string of the molecule is FC(F)(F)c1cc(Nc2cc(Cl)ccc2Cl)nc(NC2CCCC2)n1. The first-order valence-electron chi connectivity index (χ1n) is 7.76. The highest BCUT2D eigenvalue weighted by molar-refractivity contribution is 6.35. The van der Waals surface area contributed by atoms with Gasteiger partial charge >= 0.3 is 6.18 Å². The molecule has 3 rings (SSSR count). The Balaban J connectivity index is 1.92. The van der Waals surface area contributed by atoms with Crippen LogP contribution in [0.2, 0.25) is 10.0 Å². The standard InChI is InChI=1S/C16H15Cl2F3N4/c17-9-5-6-11(18)12(7-9)23-14-8-13(16(19,20)21)24-15(25-14)22-10-3-1-2-4-10/h5-8,10H,1-4H2,(H2,22,23,24,25). The molecule has 0 aliphatic heterocycles. The van der Waals surface area contributed by atoms with Gasteiger partial charge in [0.1, 0.15) is 5.82 Å². The Labute approximate surface area is 152 Å². The predicted molar refractivity (Wildman–Crippen MR) is 92.7 cm³/mol. The van der Waals surface area contributed by atoms with Crippen molar-refractivity contribution in [3.05, 3.63) is 40.0 Å². The van der Waals surface area contributed by atoms with Crippen LogP contribution in [0.15, 0.2) is 24.3 Å². The number of hydrogen-bond donors (Lipinski definition) is 2. The van der Waals surface area contributed by atoms with E-state index >= 15 is 0 Å². The molecule has 0 amide bonds. The van der Waals surface area contributed by atoms with E-state index in [1.165, 1.54) is 6.07 Å². The minimum absolute atomic E-state index is 0.00742. The van der Waals surface area contributed by atoms with Crippen molar-refractivity contribution < 1.29 is 13.2 Å². The average molecular weight is 391 g/mol. The van der Waals surface area contributed by atoms with Gasteiger partial charge in [-0.05, 0) is 31.0 Å². The van der Waals surface area contributed by atoms with Gasteiger partial charge in [-0.3, -0.25) is 0 Å². The third-order valence-corrected chi connectivity index (χ3v) is 4.46. The van der Waals surface area contributed by atoms with E-state index in [-0.39, 0.29) is 17.8 Å². The average Bonchev–Trinajstić information content (AvgIpc) is 3.03. The lowest BCUT2D eigenvalue weighted by atomic mass is 10.2. The zero-order valence-electron chi connectivity index (χ0n) is 13.0. The molecule has 0 bridgehead atoms. The summed E-state index contributed by atoms with van der Waals surface area (Å²) in [5.41, 5.74) is -0.656. The topological polar surface area (TPSA) is 49.8 Å². The fourth-order valence-corrected chi connectivity index (χ4v) is 3.04. The monoisotopic (exact) mass is 390 g/mol. The summed E-state index contributed by atoms with van der Waals surface area (Å²) in [5.74, 6) is -0.0608. The van der Waals surface area contributed by atoms with Crippen LogP contribution >= 0.6 is 23.2 Å². The van der Waals surface area contributed by atoms with Crippen LogP contribution in [0.25, 0.3) is 0 Å². The molecule has 4 nitrogen and oxygen atoms in total. The van der Waals surface area contributed by atoms with Gasteiger partial charge in [0.25, 0.3) is 0 Å². The second kappa shape index (κ2) is 7.25. The number of alkyl halides is 3. The van der Waals surface area contributed by atoms with Gasteiger partial charge in [0.2, 0.25) is 5.95 Å². The molecule has 2 N–H and O–H groups in total. The molecule has 0 unspecified atom stereocenters. The van der Waals surface area contributed by atoms with Crippen LogP contribution in [0.5, 0.6) is 0 Å². The maximum Gasteiger partial charge on any atom is 0.433 e. The molecule has 1 aromatic carbocycles. The number of halogens is 5. The van der Waals surface area contributed by atoms with E-state index in [2.05, 4.69) is 20.6 Å². The zero-order valence-corrected chi connectivity index (χ0v) is 14.5. The molecule has 25 heavy (non-hydrogen) atoms. The summed E-state index contributed by atoms with van der Waals surface area (Å²) >= 11 is 12.0. The molecule has 0 saturated heterocycles. The Morgan fingerprint density at radius 1 is 1.04 bits per heavy atom. The van der Waals surface area contributed by atoms with Crippen molar-refractivity contribution >= 4 is 40.7 Å². The fourth-order valence-electron chi connectivity index (χ4n) is 2.71. The molecule has 0 radical (unpaired) electrons. The summed E-state index contributed by atoms with van der Waals surface area (Å²) in [5, 5.41) is 6.49. The molecule has 1 heterocycles. The number of nitrogens with one attached hydrogen (secondary N) is 2. The van der Waals surface area contributed by atoms with Crippen LogP contribution in [-0.4, -0.2) is 16.0 Å². The highest BCUT2D eigenvalue weighted by Gasteiger charge is 2.34. The van der Waals surface area contributed by atoms with Crippen molar-refractivity contribution in [2.75, 3.05) is 10.6 Å². The van der Waals surface area contributed by atoms with Crippen molar-refractivity contribution in [2.24, 2.45) is 0 Å². The third kappa shape index (κ3) is 4.67. The molecular formula is C16H15Cl2F3N4. The fraction of sp³-hybridized carbons (Fsp3) is 0.375. The Bertz CT molecular complexity index is 762. The highest BCUT2D eigenvalue weighted by Crippen LogP contribution is 2.33. The van der Waals surface area contributed by atoms with Crippen LogP contribution in [0.4, 0.5) is 30.6 Å². The van der Waals surface area contributed by atoms with Crippen LogP contribution in [0.1, 0.15) is 31.4 Å². The molecule has 2 aromatic rings. The van der Waals surface area contributed by atoms with E-state index in [4.69, 9.17) is 23.2 Å². The predicted octanol–water partition coefficient (Wildman–Crippen LogP) is 5.90. The first-order valence-corrected chi connectivity index (χ1v) is 8.52. The van der Waals surface area contributed by atoms with Gasteiger partial charge < -0.3 is 10.6 Å². The normalized spacial score (nSPS) is 15.4. The van der Waals surface area contributed by atoms with E-state index in [9.17, 15) is 13.2 Å². The smallest absolute Gasteiger partial charge is 0.351 e. The number of benzene rings is 1. The molecule has 0 spiro atoms. The molecule has 1 aliphatic rings. The number of aromatic nitrogens is 2. The maximum atomic E-state index is 13.2. The second-order valence-corrected chi connectivity index (χ2v) is 6.68. The van der Waals surface area contributed by atoms with Crippen LogP contribution in [0.3, 0.4) is 0 Å². The van der Waals surface area contributed by atoms with Crippen LogP contribution in [-0.2, 0) is 6.18 Å². The van der Waals surface area contributed by atoms with Gasteiger partial charge in [-0.15, -0.1) is 0 Å². The molecule has 1 saturated carbocycles. The van der Waals surface area contributed by atoms with Crippen molar-refractivity contribution in [3.63, 3.8) is 0 Å². The second-order valence-electron chi connectivity index (χ2n) is 5.83. The number of nitrogens with zero attached hydrogens (tertiary/aromatic N) is 2. The van der Waals surface area contributed by atoms with E-state index < -0.39 is 11.9 Å². The molecule has 1 aromatic heterocycles. The van der Waals surface area contributed by atoms with Crippen molar-refractivity contribution in [3.8, 4) is 0 Å². The van der Waals surface area contributed by atoms with E-state index in [1.54, 1.807) is 12.1 Å². The summed E-state index contributed by atoms with van der Waals surface area (Å²) in [6.45, 7) is 0. The highest BCUT2D eigenvalue weighted by atomic mass is 35.5. The van der Waals surface area contributed by atoms with Crippen molar-refractivity contribution in [2.45, 2.75) is 37.9 Å². The van der Waals surface area contributed by atoms with E-state index in [0.29, 0.717) is 15.7 Å². The van der Waals surface area contributed by atoms with Crippen LogP contribution < -0.4 is 10.6 Å². The minimum atomic E-state index is -4.58. The lowest BCUT2D eigenvalue weighted by molar-refractivity contribution is -0.141. The number of hydrogen-bond acceptors (Lipinski definition) is 4. The van der Waals surface area contributed by atoms with Gasteiger partial charge in [0, 0.05) is 17.1 Å². The van der Waals surface area contributed by atoms with Crippen molar-refractivity contribution in [1.82, 2.24) is 9.97 Å². The minimum Gasteiger partial charge on any atom is -0.351 e. The Morgan fingerprint density at radius 3 is 2.44 bits per heavy atom. The van der Waals surface area contributed by atoms with Gasteiger partial charge in [0.15, 0.2) is 5.69 Å². The largest absolute Gasteiger partial charge is 0.433 e. The van der Waals surface area contributed by atoms with Crippen LogP contribution in [0, 0.1) is 0 Å². The van der Waals surface area contributed by atoms with Gasteiger partial charge in [-0.25, -0.2) is 4.98 Å².